The molecule has 2 N–H and O–H groups in total. The molecular weight excluding hydrogens is 372 g/mol. The van der Waals surface area contributed by atoms with Crippen molar-refractivity contribution in [1.29, 1.82) is 0 Å². The minimum absolute atomic E-state index is 0.00134. The Labute approximate surface area is 170 Å². The highest BCUT2D eigenvalue weighted by molar-refractivity contribution is 5.94. The number of carbonyl (C=O) groups excluding carboxylic acids is 3. The van der Waals surface area contributed by atoms with Gasteiger partial charge in [0.1, 0.15) is 0 Å². The first-order chi connectivity index (χ1) is 13.9. The molecule has 8 heteroatoms. The van der Waals surface area contributed by atoms with E-state index < -0.39 is 6.10 Å². The molecule has 29 heavy (non-hydrogen) atoms. The van der Waals surface area contributed by atoms with Crippen molar-refractivity contribution in [3.05, 3.63) is 35.9 Å². The molecule has 0 bridgehead atoms. The monoisotopic (exact) mass is 400 g/mol. The van der Waals surface area contributed by atoms with Crippen molar-refractivity contribution in [3.8, 4) is 0 Å². The Morgan fingerprint density at radius 2 is 1.79 bits per heavy atom. The fourth-order valence-corrected chi connectivity index (χ4v) is 4.95. The Bertz CT molecular complexity index is 793. The van der Waals surface area contributed by atoms with Crippen molar-refractivity contribution in [1.82, 2.24) is 20.0 Å². The summed E-state index contributed by atoms with van der Waals surface area (Å²) in [5.74, 6) is -0.136. The van der Waals surface area contributed by atoms with E-state index >= 15 is 0 Å². The second-order valence-corrected chi connectivity index (χ2v) is 8.45. The minimum Gasteiger partial charge on any atom is -0.392 e. The van der Waals surface area contributed by atoms with Crippen LogP contribution in [0.25, 0.3) is 0 Å². The number of rotatable bonds is 4. The summed E-state index contributed by atoms with van der Waals surface area (Å²) in [5.41, 5.74) is 0.367. The highest BCUT2D eigenvalue weighted by Crippen LogP contribution is 2.39. The second kappa shape index (κ2) is 7.76. The van der Waals surface area contributed by atoms with Crippen LogP contribution in [0.15, 0.2) is 30.3 Å². The number of fused-ring (bicyclic) bond motifs is 2. The lowest BCUT2D eigenvalue weighted by Crippen LogP contribution is -2.79. The normalized spacial score (nSPS) is 25.4. The third-order valence-corrected chi connectivity index (χ3v) is 6.26. The van der Waals surface area contributed by atoms with Crippen LogP contribution in [-0.2, 0) is 9.59 Å². The average Bonchev–Trinajstić information content (AvgIpc) is 3.05. The van der Waals surface area contributed by atoms with E-state index in [-0.39, 0.29) is 35.7 Å². The molecule has 0 aromatic heterocycles. The number of aliphatic hydroxyl groups excluding tert-OH is 1. The predicted octanol–water partition coefficient (Wildman–Crippen LogP) is -0.315. The van der Waals surface area contributed by atoms with Crippen LogP contribution in [0.1, 0.15) is 30.1 Å². The Hall–Kier alpha value is -2.45. The first-order valence-electron chi connectivity index (χ1n) is 10.2. The zero-order valence-corrected chi connectivity index (χ0v) is 16.7. The van der Waals surface area contributed by atoms with E-state index in [1.165, 1.54) is 6.92 Å². The predicted molar refractivity (Wildman–Crippen MR) is 106 cm³/mol. The maximum atomic E-state index is 13.0. The molecule has 0 aliphatic carbocycles. The average molecular weight is 400 g/mol. The lowest BCUT2D eigenvalue weighted by atomic mass is 9.83. The standard InChI is InChI=1S/C21H28N4O4/c1-15(26)22-8-7-19(28)24-13-21(14-24)12-23(10-17-9-18(27)11-25(17)21)20(29)16-5-3-2-4-6-16/h2-6,17-18,27H,7-14H2,1H3,(H,22,26)/t17-,18-/m1/s1. The van der Waals surface area contributed by atoms with Crippen molar-refractivity contribution in [2.24, 2.45) is 0 Å². The summed E-state index contributed by atoms with van der Waals surface area (Å²) in [6.45, 7) is 4.61. The molecule has 3 amide bonds. The van der Waals surface area contributed by atoms with Gasteiger partial charge in [-0.05, 0) is 18.6 Å². The quantitative estimate of drug-likeness (QED) is 0.723. The first-order valence-corrected chi connectivity index (χ1v) is 10.2. The summed E-state index contributed by atoms with van der Waals surface area (Å²) in [7, 11) is 0. The van der Waals surface area contributed by atoms with E-state index in [1.54, 1.807) is 4.90 Å². The molecule has 0 unspecified atom stereocenters. The van der Waals surface area contributed by atoms with Gasteiger partial charge in [0.05, 0.1) is 11.6 Å². The highest BCUT2D eigenvalue weighted by atomic mass is 16.3. The Kier molecular flexibility index (Phi) is 5.31. The van der Waals surface area contributed by atoms with Crippen LogP contribution in [0.4, 0.5) is 0 Å². The molecule has 3 aliphatic rings. The summed E-state index contributed by atoms with van der Waals surface area (Å²) >= 11 is 0. The number of carbonyl (C=O) groups is 3. The molecule has 3 saturated heterocycles. The molecule has 156 valence electrons. The van der Waals surface area contributed by atoms with Crippen LogP contribution in [-0.4, -0.2) is 94.5 Å². The number of likely N-dealkylation sites (tertiary alicyclic amines) is 1. The van der Waals surface area contributed by atoms with Gasteiger partial charge >= 0.3 is 0 Å². The molecule has 2 atom stereocenters. The smallest absolute Gasteiger partial charge is 0.253 e. The highest BCUT2D eigenvalue weighted by Gasteiger charge is 2.57. The summed E-state index contributed by atoms with van der Waals surface area (Å²) in [6.07, 6.45) is 0.527. The van der Waals surface area contributed by atoms with Crippen molar-refractivity contribution in [3.63, 3.8) is 0 Å². The van der Waals surface area contributed by atoms with Crippen molar-refractivity contribution >= 4 is 17.7 Å². The van der Waals surface area contributed by atoms with Gasteiger partial charge in [0, 0.05) is 64.2 Å². The van der Waals surface area contributed by atoms with Crippen LogP contribution in [0.3, 0.4) is 0 Å². The number of nitrogens with one attached hydrogen (secondary N) is 1. The molecule has 3 aliphatic heterocycles. The number of hydrogen-bond donors (Lipinski definition) is 2. The third kappa shape index (κ3) is 3.86. The summed E-state index contributed by atoms with van der Waals surface area (Å²) < 4.78 is 0. The molecule has 0 saturated carbocycles. The summed E-state index contributed by atoms with van der Waals surface area (Å²) in [6, 6.07) is 9.37. The maximum absolute atomic E-state index is 13.0. The van der Waals surface area contributed by atoms with Gasteiger partial charge in [0.25, 0.3) is 5.91 Å². The van der Waals surface area contributed by atoms with Gasteiger partial charge in [-0.15, -0.1) is 0 Å². The van der Waals surface area contributed by atoms with Gasteiger partial charge in [-0.3, -0.25) is 19.3 Å². The number of piperazine rings is 1. The van der Waals surface area contributed by atoms with Gasteiger partial charge < -0.3 is 20.2 Å². The first kappa shape index (κ1) is 19.8. The SMILES string of the molecule is CC(=O)NCCC(=O)N1CC2(C1)CN(C(=O)c1ccccc1)C[C@H]1C[C@@H](O)CN12. The fourth-order valence-electron chi connectivity index (χ4n) is 4.95. The van der Waals surface area contributed by atoms with Gasteiger partial charge in [-0.2, -0.15) is 0 Å². The fraction of sp³-hybridized carbons (Fsp3) is 0.571. The molecular formula is C21H28N4O4. The molecule has 3 fully saturated rings. The van der Waals surface area contributed by atoms with Crippen molar-refractivity contribution in [2.75, 3.05) is 39.3 Å². The summed E-state index contributed by atoms with van der Waals surface area (Å²) in [5, 5.41) is 12.9. The van der Waals surface area contributed by atoms with Crippen LogP contribution in [0, 0.1) is 0 Å². The number of nitrogens with zero attached hydrogens (tertiary/aromatic N) is 3. The minimum atomic E-state index is -0.395. The Morgan fingerprint density at radius 3 is 2.48 bits per heavy atom. The van der Waals surface area contributed by atoms with Gasteiger partial charge in [0.15, 0.2) is 0 Å². The number of β-amino-alcohol motifs (C(OH)–C–C–N with tert-alkyl or cyclic N) is 1. The molecule has 0 radical (unpaired) electrons. The van der Waals surface area contributed by atoms with Gasteiger partial charge in [-0.25, -0.2) is 0 Å². The zero-order chi connectivity index (χ0) is 20.6. The summed E-state index contributed by atoms with van der Waals surface area (Å²) in [4.78, 5) is 42.5. The molecule has 1 aromatic carbocycles. The molecule has 1 spiro atoms. The van der Waals surface area contributed by atoms with Crippen LogP contribution < -0.4 is 5.32 Å². The molecule has 8 nitrogen and oxygen atoms in total. The topological polar surface area (TPSA) is 93.2 Å². The number of amides is 3. The van der Waals surface area contributed by atoms with E-state index in [0.717, 1.165) is 0 Å². The lowest BCUT2D eigenvalue weighted by molar-refractivity contribution is -0.154. The van der Waals surface area contributed by atoms with Gasteiger partial charge in [0.2, 0.25) is 11.8 Å². The maximum Gasteiger partial charge on any atom is 0.253 e. The van der Waals surface area contributed by atoms with E-state index in [2.05, 4.69) is 10.2 Å². The van der Waals surface area contributed by atoms with E-state index in [1.807, 2.05) is 35.2 Å². The molecule has 1 aromatic rings. The molecule has 3 heterocycles. The lowest BCUT2D eigenvalue weighted by Gasteiger charge is -2.60. The van der Waals surface area contributed by atoms with E-state index in [9.17, 15) is 19.5 Å². The Morgan fingerprint density at radius 1 is 1.10 bits per heavy atom. The van der Waals surface area contributed by atoms with Gasteiger partial charge in [-0.1, -0.05) is 18.2 Å². The third-order valence-electron chi connectivity index (χ3n) is 6.26. The Balaban J connectivity index is 1.45. The van der Waals surface area contributed by atoms with Crippen molar-refractivity contribution in [2.45, 2.75) is 37.5 Å². The number of aliphatic hydroxyl groups is 1. The number of benzene rings is 1. The van der Waals surface area contributed by atoms with Crippen LogP contribution in [0.5, 0.6) is 0 Å². The van der Waals surface area contributed by atoms with Crippen LogP contribution >= 0.6 is 0 Å². The zero-order valence-electron chi connectivity index (χ0n) is 16.7. The van der Waals surface area contributed by atoms with E-state index in [0.29, 0.717) is 51.3 Å². The van der Waals surface area contributed by atoms with Crippen molar-refractivity contribution < 1.29 is 19.5 Å². The molecule has 4 rings (SSSR count). The second-order valence-electron chi connectivity index (χ2n) is 8.45. The van der Waals surface area contributed by atoms with E-state index in [4.69, 9.17) is 0 Å². The van der Waals surface area contributed by atoms with Crippen LogP contribution in [0.2, 0.25) is 0 Å². The largest absolute Gasteiger partial charge is 0.392 e. The number of hydrogen-bond acceptors (Lipinski definition) is 5.